The van der Waals surface area contributed by atoms with Crippen molar-refractivity contribution in [3.63, 3.8) is 0 Å². The van der Waals surface area contributed by atoms with Gasteiger partial charge in [0.25, 0.3) is 5.56 Å². The van der Waals surface area contributed by atoms with Crippen molar-refractivity contribution < 1.29 is 9.90 Å². The number of aromatic nitrogens is 2. The first-order valence-electron chi connectivity index (χ1n) is 8.69. The molecular weight excluding hydrogens is 334 g/mol. The van der Waals surface area contributed by atoms with Crippen LogP contribution in [0.4, 0.5) is 0 Å². The molecule has 4 N–H and O–H groups in total. The molecule has 1 aromatic heterocycles. The second-order valence-corrected chi connectivity index (χ2v) is 6.77. The molecule has 0 bridgehead atoms. The minimum Gasteiger partial charge on any atom is -0.508 e. The van der Waals surface area contributed by atoms with Crippen LogP contribution >= 0.6 is 0 Å². The molecule has 26 heavy (non-hydrogen) atoms. The van der Waals surface area contributed by atoms with Gasteiger partial charge in [-0.15, -0.1) is 0 Å². The van der Waals surface area contributed by atoms with E-state index in [0.29, 0.717) is 43.0 Å². The highest BCUT2D eigenvalue weighted by molar-refractivity contribution is 5.82. The maximum Gasteiger partial charge on any atom is 0.254 e. The van der Waals surface area contributed by atoms with Crippen LogP contribution in [0.25, 0.3) is 0 Å². The number of amides is 1. The lowest BCUT2D eigenvalue weighted by Gasteiger charge is -2.29. The van der Waals surface area contributed by atoms with Crippen molar-refractivity contribution >= 4 is 5.91 Å². The molecule has 1 aromatic carbocycles. The Labute approximate surface area is 150 Å². The van der Waals surface area contributed by atoms with Gasteiger partial charge in [0.2, 0.25) is 5.91 Å². The molecule has 1 fully saturated rings. The summed E-state index contributed by atoms with van der Waals surface area (Å²) >= 11 is 0. The van der Waals surface area contributed by atoms with Crippen LogP contribution in [0.3, 0.4) is 0 Å². The Kier molecular flexibility index (Phi) is 4.21. The van der Waals surface area contributed by atoms with E-state index in [1.807, 2.05) is 12.1 Å². The zero-order valence-corrected chi connectivity index (χ0v) is 14.5. The molecule has 2 aromatic rings. The van der Waals surface area contributed by atoms with E-state index in [1.54, 1.807) is 24.0 Å². The SMILES string of the molecule is Cc1nc2c(c(=O)[nH]1)CCN(C(=O)C1CC(c3ccccc3O)NN1)C2. The molecule has 0 spiro atoms. The lowest BCUT2D eigenvalue weighted by Crippen LogP contribution is -2.48. The van der Waals surface area contributed by atoms with E-state index in [9.17, 15) is 14.7 Å². The number of benzene rings is 1. The average Bonchev–Trinajstić information content (AvgIpc) is 3.10. The van der Waals surface area contributed by atoms with Crippen LogP contribution in [-0.2, 0) is 17.8 Å². The topological polar surface area (TPSA) is 110 Å². The number of fused-ring (bicyclic) bond motifs is 1. The number of rotatable bonds is 2. The number of phenols is 1. The van der Waals surface area contributed by atoms with E-state index in [4.69, 9.17) is 0 Å². The van der Waals surface area contributed by atoms with Gasteiger partial charge >= 0.3 is 0 Å². The third-order valence-electron chi connectivity index (χ3n) is 5.02. The predicted octanol–water partition coefficient (Wildman–Crippen LogP) is 0.276. The molecule has 0 radical (unpaired) electrons. The Morgan fingerprint density at radius 1 is 1.31 bits per heavy atom. The number of carbonyl (C=O) groups excluding carboxylic acids is 1. The summed E-state index contributed by atoms with van der Waals surface area (Å²) in [5.41, 5.74) is 8.13. The van der Waals surface area contributed by atoms with E-state index in [0.717, 1.165) is 5.56 Å². The maximum atomic E-state index is 12.9. The molecule has 136 valence electrons. The zero-order valence-electron chi connectivity index (χ0n) is 14.5. The number of para-hydroxylation sites is 1. The third-order valence-corrected chi connectivity index (χ3v) is 5.02. The molecule has 2 unspecified atom stereocenters. The summed E-state index contributed by atoms with van der Waals surface area (Å²) in [5, 5.41) is 10.0. The fraction of sp³-hybridized carbons (Fsp3) is 0.389. The maximum absolute atomic E-state index is 12.9. The Morgan fingerprint density at radius 2 is 2.12 bits per heavy atom. The van der Waals surface area contributed by atoms with Gasteiger partial charge in [-0.2, -0.15) is 0 Å². The van der Waals surface area contributed by atoms with Crippen molar-refractivity contribution in [1.82, 2.24) is 25.7 Å². The number of aryl methyl sites for hydroxylation is 1. The first-order chi connectivity index (χ1) is 12.5. The van der Waals surface area contributed by atoms with Crippen LogP contribution < -0.4 is 16.4 Å². The predicted molar refractivity (Wildman–Crippen MR) is 94.2 cm³/mol. The first kappa shape index (κ1) is 16.7. The number of nitrogens with one attached hydrogen (secondary N) is 3. The lowest BCUT2D eigenvalue weighted by molar-refractivity contribution is -0.134. The molecule has 2 aliphatic rings. The quantitative estimate of drug-likeness (QED) is 0.616. The van der Waals surface area contributed by atoms with Crippen molar-refractivity contribution in [2.75, 3.05) is 6.54 Å². The van der Waals surface area contributed by atoms with Crippen molar-refractivity contribution in [3.05, 3.63) is 57.3 Å². The summed E-state index contributed by atoms with van der Waals surface area (Å²) in [5.74, 6) is 0.745. The average molecular weight is 355 g/mol. The number of aromatic hydroxyl groups is 1. The number of carbonyl (C=O) groups is 1. The van der Waals surface area contributed by atoms with Gasteiger partial charge in [-0.25, -0.2) is 15.8 Å². The summed E-state index contributed by atoms with van der Waals surface area (Å²) in [6, 6.07) is 6.59. The summed E-state index contributed by atoms with van der Waals surface area (Å²) in [7, 11) is 0. The normalized spacial score (nSPS) is 22.3. The molecule has 0 saturated carbocycles. The second kappa shape index (κ2) is 6.54. The number of phenolic OH excluding ortho intramolecular Hbond substituents is 1. The summed E-state index contributed by atoms with van der Waals surface area (Å²) < 4.78 is 0. The number of hydrogen-bond donors (Lipinski definition) is 4. The Bertz CT molecular complexity index is 910. The zero-order chi connectivity index (χ0) is 18.3. The monoisotopic (exact) mass is 355 g/mol. The Hall–Kier alpha value is -2.71. The molecule has 1 saturated heterocycles. The first-order valence-corrected chi connectivity index (χ1v) is 8.69. The highest BCUT2D eigenvalue weighted by atomic mass is 16.3. The largest absolute Gasteiger partial charge is 0.508 e. The van der Waals surface area contributed by atoms with Crippen LogP contribution in [0.1, 0.15) is 35.1 Å². The molecule has 8 nitrogen and oxygen atoms in total. The molecule has 2 atom stereocenters. The fourth-order valence-electron chi connectivity index (χ4n) is 3.68. The number of hydrazine groups is 1. The summed E-state index contributed by atoms with van der Waals surface area (Å²) in [4.78, 5) is 33.7. The molecule has 2 aliphatic heterocycles. The van der Waals surface area contributed by atoms with Crippen molar-refractivity contribution in [3.8, 4) is 5.75 Å². The Balaban J connectivity index is 1.47. The van der Waals surface area contributed by atoms with Crippen molar-refractivity contribution in [1.29, 1.82) is 0 Å². The van der Waals surface area contributed by atoms with Gasteiger partial charge in [-0.05, 0) is 25.8 Å². The molecule has 4 rings (SSSR count). The van der Waals surface area contributed by atoms with E-state index in [2.05, 4.69) is 20.8 Å². The van der Waals surface area contributed by atoms with Crippen LogP contribution in [0.5, 0.6) is 5.75 Å². The highest BCUT2D eigenvalue weighted by Crippen LogP contribution is 2.30. The van der Waals surface area contributed by atoms with Gasteiger partial charge < -0.3 is 15.0 Å². The molecule has 0 aliphatic carbocycles. The van der Waals surface area contributed by atoms with E-state index < -0.39 is 0 Å². The third kappa shape index (κ3) is 2.97. The number of aromatic amines is 1. The smallest absolute Gasteiger partial charge is 0.254 e. The molecule has 1 amide bonds. The van der Waals surface area contributed by atoms with Gasteiger partial charge in [-0.3, -0.25) is 9.59 Å². The molecule has 3 heterocycles. The van der Waals surface area contributed by atoms with Crippen LogP contribution in [0.15, 0.2) is 29.1 Å². The van der Waals surface area contributed by atoms with Gasteiger partial charge in [0.15, 0.2) is 0 Å². The number of hydrogen-bond acceptors (Lipinski definition) is 6. The van der Waals surface area contributed by atoms with Crippen LogP contribution in [-0.4, -0.2) is 38.5 Å². The summed E-state index contributed by atoms with van der Waals surface area (Å²) in [6.45, 7) is 2.58. The fourth-order valence-corrected chi connectivity index (χ4v) is 3.68. The second-order valence-electron chi connectivity index (χ2n) is 6.77. The highest BCUT2D eigenvalue weighted by Gasteiger charge is 2.35. The van der Waals surface area contributed by atoms with Gasteiger partial charge in [0.05, 0.1) is 18.3 Å². The van der Waals surface area contributed by atoms with Gasteiger partial charge in [0.1, 0.15) is 17.6 Å². The van der Waals surface area contributed by atoms with Crippen molar-refractivity contribution in [2.24, 2.45) is 0 Å². The standard InChI is InChI=1S/C18H21N5O3/c1-10-19-15-9-23(7-6-12(15)17(25)20-10)18(26)14-8-13(21-22-14)11-4-2-3-5-16(11)24/h2-5,13-14,21-22,24H,6-9H2,1H3,(H,19,20,25). The van der Waals surface area contributed by atoms with Crippen LogP contribution in [0.2, 0.25) is 0 Å². The van der Waals surface area contributed by atoms with E-state index in [-0.39, 0.29) is 29.3 Å². The number of nitrogens with zero attached hydrogens (tertiary/aromatic N) is 2. The number of H-pyrrole nitrogens is 1. The van der Waals surface area contributed by atoms with Gasteiger partial charge in [0, 0.05) is 17.7 Å². The van der Waals surface area contributed by atoms with E-state index >= 15 is 0 Å². The van der Waals surface area contributed by atoms with Gasteiger partial charge in [-0.1, -0.05) is 18.2 Å². The molecule has 8 heteroatoms. The molecular formula is C18H21N5O3. The summed E-state index contributed by atoms with van der Waals surface area (Å²) in [6.07, 6.45) is 1.05. The van der Waals surface area contributed by atoms with Crippen LogP contribution in [0, 0.1) is 6.92 Å². The van der Waals surface area contributed by atoms with E-state index in [1.165, 1.54) is 0 Å². The van der Waals surface area contributed by atoms with Crippen molar-refractivity contribution in [2.45, 2.75) is 38.4 Å². The minimum absolute atomic E-state index is 0.0270. The Morgan fingerprint density at radius 3 is 2.92 bits per heavy atom. The minimum atomic E-state index is -0.385. The lowest BCUT2D eigenvalue weighted by atomic mass is 9.99.